The lowest BCUT2D eigenvalue weighted by molar-refractivity contribution is 0.0944. The van der Waals surface area contributed by atoms with Crippen molar-refractivity contribution in [2.45, 2.75) is 20.3 Å². The second-order valence-corrected chi connectivity index (χ2v) is 6.24. The Bertz CT molecular complexity index is 699. The molecule has 24 heavy (non-hydrogen) atoms. The summed E-state index contributed by atoms with van der Waals surface area (Å²) in [6.07, 6.45) is 0.978. The van der Waals surface area contributed by atoms with Crippen LogP contribution in [0.15, 0.2) is 48.5 Å². The number of halogens is 1. The second-order valence-electron chi connectivity index (χ2n) is 5.84. The van der Waals surface area contributed by atoms with Gasteiger partial charge < -0.3 is 5.32 Å². The minimum absolute atomic E-state index is 0.214. The summed E-state index contributed by atoms with van der Waals surface area (Å²) in [4.78, 5) is 12.1. The first-order chi connectivity index (χ1) is 11.4. The third-order valence-corrected chi connectivity index (χ3v) is 3.46. The van der Waals surface area contributed by atoms with Gasteiger partial charge in [0.05, 0.1) is 0 Å². The van der Waals surface area contributed by atoms with Gasteiger partial charge in [0.1, 0.15) is 5.82 Å². The number of carbonyl (C=O) groups excluding carboxylic acids is 1. The highest BCUT2D eigenvalue weighted by atomic mass is 32.1. The minimum atomic E-state index is -0.325. The summed E-state index contributed by atoms with van der Waals surface area (Å²) >= 11 is 5.07. The number of amides is 1. The molecule has 4 nitrogen and oxygen atoms in total. The van der Waals surface area contributed by atoms with Crippen molar-refractivity contribution in [2.75, 3.05) is 5.32 Å². The fraction of sp³-hybridized carbons (Fsp3) is 0.222. The zero-order valence-electron chi connectivity index (χ0n) is 13.6. The minimum Gasteiger partial charge on any atom is -0.331 e. The monoisotopic (exact) mass is 345 g/mol. The van der Waals surface area contributed by atoms with E-state index in [1.54, 1.807) is 24.3 Å². The van der Waals surface area contributed by atoms with E-state index in [9.17, 15) is 9.18 Å². The number of nitrogens with one attached hydrogen (secondary N) is 3. The Balaban J connectivity index is 1.83. The van der Waals surface area contributed by atoms with Gasteiger partial charge in [-0.25, -0.2) is 4.39 Å². The molecule has 0 aliphatic heterocycles. The van der Waals surface area contributed by atoms with Gasteiger partial charge in [0.15, 0.2) is 5.11 Å². The standard InChI is InChI=1S/C18H20FN3OS/c1-12(2)11-13-3-5-14(6-4-13)17(23)21-22-18(24)20-16-9-7-15(19)8-10-16/h3-10,12H,11H2,1-2H3,(H,21,23)(H2,20,22,24). The Morgan fingerprint density at radius 1 is 1.04 bits per heavy atom. The first kappa shape index (κ1) is 17.9. The zero-order valence-corrected chi connectivity index (χ0v) is 14.4. The van der Waals surface area contributed by atoms with E-state index in [0.29, 0.717) is 17.2 Å². The molecule has 0 heterocycles. The van der Waals surface area contributed by atoms with Crippen LogP contribution in [0.5, 0.6) is 0 Å². The smallest absolute Gasteiger partial charge is 0.269 e. The molecule has 0 unspecified atom stereocenters. The molecule has 0 aromatic heterocycles. The predicted octanol–water partition coefficient (Wildman–Crippen LogP) is 3.66. The van der Waals surface area contributed by atoms with Crippen LogP contribution < -0.4 is 16.2 Å². The van der Waals surface area contributed by atoms with E-state index in [1.807, 2.05) is 12.1 Å². The topological polar surface area (TPSA) is 53.2 Å². The first-order valence-electron chi connectivity index (χ1n) is 7.66. The van der Waals surface area contributed by atoms with Crippen molar-refractivity contribution in [3.8, 4) is 0 Å². The number of benzene rings is 2. The highest BCUT2D eigenvalue weighted by molar-refractivity contribution is 7.80. The van der Waals surface area contributed by atoms with Gasteiger partial charge in [-0.15, -0.1) is 0 Å². The predicted molar refractivity (Wildman–Crippen MR) is 98.2 cm³/mol. The Morgan fingerprint density at radius 2 is 1.67 bits per heavy atom. The SMILES string of the molecule is CC(C)Cc1ccc(C(=O)NNC(=S)Nc2ccc(F)cc2)cc1. The van der Waals surface area contributed by atoms with Gasteiger partial charge in [-0.3, -0.25) is 15.6 Å². The first-order valence-corrected chi connectivity index (χ1v) is 8.06. The third kappa shape index (κ3) is 5.62. The molecule has 6 heteroatoms. The molecule has 0 aliphatic rings. The molecule has 2 aromatic rings. The summed E-state index contributed by atoms with van der Waals surface area (Å²) in [5.74, 6) is -0.0377. The molecule has 0 atom stereocenters. The Morgan fingerprint density at radius 3 is 2.25 bits per heavy atom. The molecule has 0 radical (unpaired) electrons. The van der Waals surface area contributed by atoms with Crippen molar-refractivity contribution >= 4 is 28.9 Å². The van der Waals surface area contributed by atoms with E-state index in [-0.39, 0.29) is 16.8 Å². The molecule has 3 N–H and O–H groups in total. The van der Waals surface area contributed by atoms with E-state index >= 15 is 0 Å². The molecule has 0 fully saturated rings. The Kier molecular flexibility index (Phi) is 6.26. The second kappa shape index (κ2) is 8.40. The number of anilines is 1. The van der Waals surface area contributed by atoms with Gasteiger partial charge in [0.25, 0.3) is 5.91 Å². The van der Waals surface area contributed by atoms with Crippen molar-refractivity contribution in [1.82, 2.24) is 10.9 Å². The van der Waals surface area contributed by atoms with E-state index in [0.717, 1.165) is 6.42 Å². The molecule has 2 aromatic carbocycles. The van der Waals surface area contributed by atoms with Crippen LogP contribution in [0, 0.1) is 11.7 Å². The number of thiocarbonyl (C=S) groups is 1. The average Bonchev–Trinajstić information content (AvgIpc) is 2.55. The summed E-state index contributed by atoms with van der Waals surface area (Å²) in [7, 11) is 0. The van der Waals surface area contributed by atoms with Gasteiger partial charge in [0, 0.05) is 11.3 Å². The number of hydrogen-bond donors (Lipinski definition) is 3. The van der Waals surface area contributed by atoms with E-state index in [2.05, 4.69) is 30.0 Å². The largest absolute Gasteiger partial charge is 0.331 e. The number of hydrogen-bond acceptors (Lipinski definition) is 2. The maximum absolute atomic E-state index is 12.8. The van der Waals surface area contributed by atoms with Crippen LogP contribution in [0.4, 0.5) is 10.1 Å². The summed E-state index contributed by atoms with van der Waals surface area (Å²) in [5.41, 5.74) is 7.51. The van der Waals surface area contributed by atoms with Gasteiger partial charge >= 0.3 is 0 Å². The fourth-order valence-electron chi connectivity index (χ4n) is 2.14. The molecule has 1 amide bonds. The van der Waals surface area contributed by atoms with Crippen molar-refractivity contribution in [1.29, 1.82) is 0 Å². The van der Waals surface area contributed by atoms with Gasteiger partial charge in [-0.2, -0.15) is 0 Å². The van der Waals surface area contributed by atoms with Crippen LogP contribution in [0.2, 0.25) is 0 Å². The summed E-state index contributed by atoms with van der Waals surface area (Å²) in [6.45, 7) is 4.30. The van der Waals surface area contributed by atoms with E-state index < -0.39 is 0 Å². The van der Waals surface area contributed by atoms with Crippen molar-refractivity contribution in [2.24, 2.45) is 5.92 Å². The summed E-state index contributed by atoms with van der Waals surface area (Å²) in [5, 5.41) is 3.06. The highest BCUT2D eigenvalue weighted by Gasteiger charge is 2.06. The van der Waals surface area contributed by atoms with Crippen LogP contribution in [-0.2, 0) is 6.42 Å². The van der Waals surface area contributed by atoms with Crippen LogP contribution in [-0.4, -0.2) is 11.0 Å². The van der Waals surface area contributed by atoms with Gasteiger partial charge in [-0.1, -0.05) is 26.0 Å². The maximum Gasteiger partial charge on any atom is 0.269 e. The summed E-state index contributed by atoms with van der Waals surface area (Å²) < 4.78 is 12.8. The van der Waals surface area contributed by atoms with Crippen molar-refractivity contribution in [3.05, 3.63) is 65.5 Å². The highest BCUT2D eigenvalue weighted by Crippen LogP contribution is 2.10. The molecule has 0 bridgehead atoms. The van der Waals surface area contributed by atoms with Crippen molar-refractivity contribution < 1.29 is 9.18 Å². The molecule has 0 saturated heterocycles. The molecule has 0 aliphatic carbocycles. The lowest BCUT2D eigenvalue weighted by atomic mass is 10.0. The Labute approximate surface area is 146 Å². The van der Waals surface area contributed by atoms with Crippen LogP contribution in [0.1, 0.15) is 29.8 Å². The summed E-state index contributed by atoms with van der Waals surface area (Å²) in [6, 6.07) is 13.2. The molecule has 126 valence electrons. The van der Waals surface area contributed by atoms with Crippen LogP contribution in [0.3, 0.4) is 0 Å². The molecular formula is C18H20FN3OS. The number of hydrazine groups is 1. The average molecular weight is 345 g/mol. The number of rotatable bonds is 4. The van der Waals surface area contributed by atoms with Crippen LogP contribution in [0.25, 0.3) is 0 Å². The van der Waals surface area contributed by atoms with Crippen molar-refractivity contribution in [3.63, 3.8) is 0 Å². The van der Waals surface area contributed by atoms with Crippen LogP contribution >= 0.6 is 12.2 Å². The Hall–Kier alpha value is -2.47. The zero-order chi connectivity index (χ0) is 17.5. The molecular weight excluding hydrogens is 325 g/mol. The third-order valence-electron chi connectivity index (χ3n) is 3.25. The lowest BCUT2D eigenvalue weighted by Gasteiger charge is -2.12. The lowest BCUT2D eigenvalue weighted by Crippen LogP contribution is -2.43. The van der Waals surface area contributed by atoms with Gasteiger partial charge in [0.2, 0.25) is 0 Å². The molecule has 0 saturated carbocycles. The molecule has 2 rings (SSSR count). The normalized spacial score (nSPS) is 10.3. The van der Waals surface area contributed by atoms with E-state index in [4.69, 9.17) is 12.2 Å². The fourth-order valence-corrected chi connectivity index (χ4v) is 2.31. The van der Waals surface area contributed by atoms with E-state index in [1.165, 1.54) is 17.7 Å². The quantitative estimate of drug-likeness (QED) is 0.585. The maximum atomic E-state index is 12.8. The molecule has 0 spiro atoms. The number of carbonyl (C=O) groups is 1. The van der Waals surface area contributed by atoms with Gasteiger partial charge in [-0.05, 0) is 66.5 Å².